The van der Waals surface area contributed by atoms with Gasteiger partial charge in [0.15, 0.2) is 5.78 Å². The van der Waals surface area contributed by atoms with Crippen molar-refractivity contribution in [3.05, 3.63) is 70.8 Å². The number of benzene rings is 2. The van der Waals surface area contributed by atoms with Gasteiger partial charge in [-0.2, -0.15) is 0 Å². The minimum Gasteiger partial charge on any atom is -0.351 e. The number of amides is 1. The van der Waals surface area contributed by atoms with Crippen LogP contribution >= 0.6 is 0 Å². The first-order valence-electron chi connectivity index (χ1n) is 19.2. The Morgan fingerprint density at radius 3 is 1.82 bits per heavy atom. The topological polar surface area (TPSA) is 100 Å². The van der Waals surface area contributed by atoms with E-state index in [1.807, 2.05) is 24.3 Å². The Bertz CT molecular complexity index is 1320. The van der Waals surface area contributed by atoms with Crippen LogP contribution in [0.4, 0.5) is 0 Å². The minimum absolute atomic E-state index is 0.0287. The lowest BCUT2D eigenvalue weighted by atomic mass is 10.0. The second kappa shape index (κ2) is 18.5. The number of carbonyl (C=O) groups is 2. The Labute approximate surface area is 294 Å². The fourth-order valence-electron chi connectivity index (χ4n) is 8.44. The highest BCUT2D eigenvalue weighted by Crippen LogP contribution is 2.27. The highest BCUT2D eigenvalue weighted by molar-refractivity contribution is 5.96. The third-order valence-corrected chi connectivity index (χ3v) is 11.1. The number of ketones is 1. The summed E-state index contributed by atoms with van der Waals surface area (Å²) in [6, 6.07) is 16.4. The number of rotatable bonds is 18. The lowest BCUT2D eigenvalue weighted by molar-refractivity contribution is 0.0287. The van der Waals surface area contributed by atoms with Gasteiger partial charge in [-0.05, 0) is 87.8 Å². The summed E-state index contributed by atoms with van der Waals surface area (Å²) in [5, 5.41) is 6.58. The molecule has 4 heterocycles. The maximum absolute atomic E-state index is 12.8. The van der Waals surface area contributed by atoms with Crippen LogP contribution in [-0.4, -0.2) is 134 Å². The number of hydrogen-bond acceptors (Lipinski definition) is 9. The molecule has 0 radical (unpaired) electrons. The Balaban J connectivity index is 0.832. The molecule has 0 aliphatic carbocycles. The number of nitrogens with one attached hydrogen (secondary N) is 2. The van der Waals surface area contributed by atoms with Gasteiger partial charge in [0.1, 0.15) is 0 Å². The van der Waals surface area contributed by atoms with Gasteiger partial charge in [0.25, 0.3) is 5.91 Å². The molecule has 4 N–H and O–H groups in total. The van der Waals surface area contributed by atoms with Crippen molar-refractivity contribution >= 4 is 11.7 Å². The summed E-state index contributed by atoms with van der Waals surface area (Å²) < 4.78 is 0. The van der Waals surface area contributed by atoms with Gasteiger partial charge in [-0.1, -0.05) is 36.4 Å². The number of fused-ring (bicyclic) bond motifs is 2. The fourth-order valence-corrected chi connectivity index (χ4v) is 8.44. The second-order valence-corrected chi connectivity index (χ2v) is 14.5. The monoisotopic (exact) mass is 672 g/mol. The summed E-state index contributed by atoms with van der Waals surface area (Å²) in [6.45, 7) is 14.4. The molecule has 0 spiro atoms. The van der Waals surface area contributed by atoms with Crippen molar-refractivity contribution in [1.29, 1.82) is 0 Å². The Kier molecular flexibility index (Phi) is 13.6. The quantitative estimate of drug-likeness (QED) is 0.163. The zero-order valence-corrected chi connectivity index (χ0v) is 29.7. The van der Waals surface area contributed by atoms with Crippen LogP contribution < -0.4 is 16.4 Å². The molecule has 49 heavy (non-hydrogen) atoms. The Hall–Kier alpha value is -2.70. The van der Waals surface area contributed by atoms with Gasteiger partial charge in [-0.25, -0.2) is 0 Å². The van der Waals surface area contributed by atoms with Crippen molar-refractivity contribution < 1.29 is 9.59 Å². The smallest absolute Gasteiger partial charge is 0.251 e. The average Bonchev–Trinajstić information content (AvgIpc) is 3.82. The van der Waals surface area contributed by atoms with Gasteiger partial charge in [0, 0.05) is 96.1 Å². The van der Waals surface area contributed by atoms with E-state index in [9.17, 15) is 9.59 Å². The highest BCUT2D eigenvalue weighted by Gasteiger charge is 2.33. The van der Waals surface area contributed by atoms with E-state index in [-0.39, 0.29) is 11.7 Å². The van der Waals surface area contributed by atoms with E-state index < -0.39 is 0 Å². The summed E-state index contributed by atoms with van der Waals surface area (Å²) in [5.74, 6) is 0.185. The highest BCUT2D eigenvalue weighted by atomic mass is 16.1. The van der Waals surface area contributed by atoms with Crippen molar-refractivity contribution in [3.8, 4) is 0 Å². The van der Waals surface area contributed by atoms with E-state index in [0.29, 0.717) is 37.4 Å². The molecule has 1 amide bonds. The molecule has 2 atom stereocenters. The summed E-state index contributed by atoms with van der Waals surface area (Å²) in [5.41, 5.74) is 9.97. The van der Waals surface area contributed by atoms with E-state index in [4.69, 9.17) is 5.73 Å². The van der Waals surface area contributed by atoms with E-state index in [1.54, 1.807) is 0 Å². The standard InChI is InChI=1S/C39H60N8O2/c40-17-27-43(29-20-42-39(49)35-15-11-33(12-16-35)31-47-26-5-24-45-22-3-8-38(45)47)28-19-41-18-1-6-36(48)34-13-9-32(10-14-34)30-46-25-4-23-44-21-2-7-37(44)46/h9-16,37-38,41H,1-8,17-31,40H2,(H,42,49). The number of nitrogens with two attached hydrogens (primary N) is 1. The molecule has 0 bridgehead atoms. The predicted octanol–water partition coefficient (Wildman–Crippen LogP) is 3.19. The van der Waals surface area contributed by atoms with Crippen LogP contribution in [0.2, 0.25) is 0 Å². The van der Waals surface area contributed by atoms with Gasteiger partial charge in [0.05, 0.1) is 12.3 Å². The van der Waals surface area contributed by atoms with Crippen molar-refractivity contribution in [2.24, 2.45) is 5.73 Å². The van der Waals surface area contributed by atoms with Gasteiger partial charge < -0.3 is 16.4 Å². The molecule has 268 valence electrons. The number of carbonyl (C=O) groups excluding carboxylic acids is 2. The lowest BCUT2D eigenvalue weighted by Crippen LogP contribution is -2.49. The van der Waals surface area contributed by atoms with Crippen LogP contribution in [0.1, 0.15) is 83.2 Å². The van der Waals surface area contributed by atoms with Crippen LogP contribution in [0.3, 0.4) is 0 Å². The van der Waals surface area contributed by atoms with Crippen LogP contribution in [0.15, 0.2) is 48.5 Å². The molecule has 2 aromatic rings. The first kappa shape index (κ1) is 36.1. The first-order chi connectivity index (χ1) is 24.1. The van der Waals surface area contributed by atoms with Gasteiger partial charge in [0.2, 0.25) is 0 Å². The third kappa shape index (κ3) is 10.2. The largest absolute Gasteiger partial charge is 0.351 e. The number of nitrogens with zero attached hydrogens (tertiary/aromatic N) is 5. The molecule has 4 aliphatic rings. The van der Waals surface area contributed by atoms with Gasteiger partial charge >= 0.3 is 0 Å². The fraction of sp³-hybridized carbons (Fsp3) is 0.641. The molecule has 0 saturated carbocycles. The summed E-state index contributed by atoms with van der Waals surface area (Å²) in [7, 11) is 0. The van der Waals surface area contributed by atoms with Crippen LogP contribution in [-0.2, 0) is 13.1 Å². The molecule has 4 fully saturated rings. The maximum atomic E-state index is 12.8. The predicted molar refractivity (Wildman–Crippen MR) is 196 cm³/mol. The lowest BCUT2D eigenvalue weighted by Gasteiger charge is -2.40. The molecule has 10 nitrogen and oxygen atoms in total. The van der Waals surface area contributed by atoms with Gasteiger partial charge in [-0.3, -0.25) is 34.1 Å². The SMILES string of the molecule is NCCN(CCNCCCC(=O)c1ccc(CN2CCCN3CCCC32)cc1)CCNC(=O)c1ccc(CN2CCCN3CCCC32)cc1. The van der Waals surface area contributed by atoms with Gasteiger partial charge in [-0.15, -0.1) is 0 Å². The molecule has 2 aromatic carbocycles. The average molecular weight is 673 g/mol. The zero-order valence-electron chi connectivity index (χ0n) is 29.7. The zero-order chi connectivity index (χ0) is 33.8. The van der Waals surface area contributed by atoms with Crippen molar-refractivity contribution in [2.45, 2.75) is 76.8 Å². The molecule has 4 saturated heterocycles. The molecular weight excluding hydrogens is 612 g/mol. The molecule has 6 rings (SSSR count). The normalized spacial score (nSPS) is 22.0. The third-order valence-electron chi connectivity index (χ3n) is 11.1. The second-order valence-electron chi connectivity index (χ2n) is 14.5. The molecule has 2 unspecified atom stereocenters. The maximum Gasteiger partial charge on any atom is 0.251 e. The summed E-state index contributed by atoms with van der Waals surface area (Å²) in [6.07, 6.45) is 10.2. The number of Topliss-reactive ketones (excluding diaryl/α,β-unsaturated/α-hetero) is 1. The number of hydrogen-bond donors (Lipinski definition) is 3. The van der Waals surface area contributed by atoms with Crippen LogP contribution in [0, 0.1) is 0 Å². The molecule has 0 aromatic heterocycles. The summed E-state index contributed by atoms with van der Waals surface area (Å²) in [4.78, 5) is 38.4. The first-order valence-corrected chi connectivity index (χ1v) is 19.2. The van der Waals surface area contributed by atoms with E-state index in [1.165, 1.54) is 82.4 Å². The van der Waals surface area contributed by atoms with Crippen molar-refractivity contribution in [2.75, 3.05) is 85.1 Å². The molecule has 4 aliphatic heterocycles. The van der Waals surface area contributed by atoms with Crippen LogP contribution in [0.5, 0.6) is 0 Å². The van der Waals surface area contributed by atoms with E-state index >= 15 is 0 Å². The Morgan fingerprint density at radius 2 is 1.22 bits per heavy atom. The molecule has 10 heteroatoms. The summed E-state index contributed by atoms with van der Waals surface area (Å²) >= 11 is 0. The van der Waals surface area contributed by atoms with E-state index in [0.717, 1.165) is 64.3 Å². The van der Waals surface area contributed by atoms with Crippen molar-refractivity contribution in [1.82, 2.24) is 35.1 Å². The Morgan fingerprint density at radius 1 is 0.673 bits per heavy atom. The van der Waals surface area contributed by atoms with Crippen molar-refractivity contribution in [3.63, 3.8) is 0 Å². The molecular formula is C39H60N8O2. The van der Waals surface area contributed by atoms with Crippen LogP contribution in [0.25, 0.3) is 0 Å². The van der Waals surface area contributed by atoms with E-state index in [2.05, 4.69) is 59.4 Å². The minimum atomic E-state index is -0.0287.